The number of ether oxygens (including phenoxy) is 1. The van der Waals surface area contributed by atoms with Crippen molar-refractivity contribution in [2.75, 3.05) is 20.2 Å². The van der Waals surface area contributed by atoms with Crippen molar-refractivity contribution in [3.05, 3.63) is 16.6 Å². The fraction of sp³-hybridized carbons (Fsp3) is 0.750. The van der Waals surface area contributed by atoms with E-state index in [1.807, 2.05) is 33.2 Å². The van der Waals surface area contributed by atoms with Gasteiger partial charge in [0.05, 0.1) is 24.9 Å². The van der Waals surface area contributed by atoms with Crippen LogP contribution in [0.3, 0.4) is 0 Å². The van der Waals surface area contributed by atoms with Crippen LogP contribution in [0.4, 0.5) is 0 Å². The standard InChI is InChI=1S/C12H22N2O2S/c1-12(2,3)16-9-10(15)7-14(4)8-11-13-5-6-17-11/h5-6,10,15H,7-9H2,1-4H3. The Balaban J connectivity index is 2.24. The summed E-state index contributed by atoms with van der Waals surface area (Å²) in [4.78, 5) is 6.26. The quantitative estimate of drug-likeness (QED) is 0.844. The van der Waals surface area contributed by atoms with Crippen LogP contribution in [-0.2, 0) is 11.3 Å². The summed E-state index contributed by atoms with van der Waals surface area (Å²) < 4.78 is 5.54. The predicted molar refractivity (Wildman–Crippen MR) is 70.2 cm³/mol. The minimum Gasteiger partial charge on any atom is -0.389 e. The van der Waals surface area contributed by atoms with Gasteiger partial charge in [-0.1, -0.05) is 0 Å². The van der Waals surface area contributed by atoms with Crippen LogP contribution >= 0.6 is 11.3 Å². The van der Waals surface area contributed by atoms with Gasteiger partial charge >= 0.3 is 0 Å². The van der Waals surface area contributed by atoms with Gasteiger partial charge in [0, 0.05) is 18.1 Å². The van der Waals surface area contributed by atoms with Crippen LogP contribution < -0.4 is 0 Å². The maximum absolute atomic E-state index is 9.83. The summed E-state index contributed by atoms with van der Waals surface area (Å²) in [6.45, 7) is 7.68. The molecule has 4 nitrogen and oxygen atoms in total. The highest BCUT2D eigenvalue weighted by atomic mass is 32.1. The van der Waals surface area contributed by atoms with E-state index in [1.165, 1.54) is 0 Å². The lowest BCUT2D eigenvalue weighted by Crippen LogP contribution is -2.34. The number of hydrogen-bond acceptors (Lipinski definition) is 5. The van der Waals surface area contributed by atoms with E-state index in [0.29, 0.717) is 13.2 Å². The van der Waals surface area contributed by atoms with Gasteiger partial charge in [-0.15, -0.1) is 11.3 Å². The first-order chi connectivity index (χ1) is 7.87. The maximum atomic E-state index is 9.83. The minimum absolute atomic E-state index is 0.200. The molecule has 0 saturated carbocycles. The van der Waals surface area contributed by atoms with E-state index in [-0.39, 0.29) is 5.60 Å². The molecule has 0 bridgehead atoms. The van der Waals surface area contributed by atoms with Crippen LogP contribution in [0.25, 0.3) is 0 Å². The van der Waals surface area contributed by atoms with Crippen molar-refractivity contribution in [3.63, 3.8) is 0 Å². The Bertz CT molecular complexity index is 309. The molecule has 1 unspecified atom stereocenters. The number of likely N-dealkylation sites (N-methyl/N-ethyl adjacent to an activating group) is 1. The molecule has 0 aliphatic heterocycles. The summed E-state index contributed by atoms with van der Waals surface area (Å²) in [7, 11) is 1.97. The molecule has 1 atom stereocenters. The van der Waals surface area contributed by atoms with E-state index in [4.69, 9.17) is 4.74 Å². The molecule has 0 aliphatic rings. The van der Waals surface area contributed by atoms with Gasteiger partial charge in [-0.2, -0.15) is 0 Å². The van der Waals surface area contributed by atoms with E-state index < -0.39 is 6.10 Å². The molecule has 1 aromatic heterocycles. The lowest BCUT2D eigenvalue weighted by Gasteiger charge is -2.24. The number of thiazole rings is 1. The molecule has 5 heteroatoms. The first-order valence-electron chi connectivity index (χ1n) is 5.76. The summed E-state index contributed by atoms with van der Waals surface area (Å²) in [6.07, 6.45) is 1.34. The molecule has 1 heterocycles. The van der Waals surface area contributed by atoms with Gasteiger partial charge in [-0.3, -0.25) is 4.90 Å². The molecular formula is C12H22N2O2S. The van der Waals surface area contributed by atoms with E-state index in [1.54, 1.807) is 17.5 Å². The van der Waals surface area contributed by atoms with Gasteiger partial charge in [-0.25, -0.2) is 4.98 Å². The molecule has 1 rings (SSSR count). The zero-order chi connectivity index (χ0) is 12.9. The second-order valence-electron chi connectivity index (χ2n) is 5.20. The Morgan fingerprint density at radius 1 is 1.53 bits per heavy atom. The van der Waals surface area contributed by atoms with E-state index in [0.717, 1.165) is 11.6 Å². The fourth-order valence-corrected chi connectivity index (χ4v) is 2.08. The van der Waals surface area contributed by atoms with Gasteiger partial charge in [0.1, 0.15) is 5.01 Å². The topological polar surface area (TPSA) is 45.6 Å². The Labute approximate surface area is 107 Å². The summed E-state index contributed by atoms with van der Waals surface area (Å²) in [6, 6.07) is 0. The zero-order valence-corrected chi connectivity index (χ0v) is 11.8. The Morgan fingerprint density at radius 2 is 2.24 bits per heavy atom. The molecule has 17 heavy (non-hydrogen) atoms. The third kappa shape index (κ3) is 6.73. The van der Waals surface area contributed by atoms with Crippen molar-refractivity contribution in [3.8, 4) is 0 Å². The van der Waals surface area contributed by atoms with Crippen molar-refractivity contribution in [2.24, 2.45) is 0 Å². The average molecular weight is 258 g/mol. The Hall–Kier alpha value is -0.490. The molecule has 1 aromatic rings. The largest absolute Gasteiger partial charge is 0.389 e. The smallest absolute Gasteiger partial charge is 0.107 e. The van der Waals surface area contributed by atoms with Crippen LogP contribution in [0.5, 0.6) is 0 Å². The lowest BCUT2D eigenvalue weighted by atomic mass is 10.2. The van der Waals surface area contributed by atoms with Crippen LogP contribution in [0.2, 0.25) is 0 Å². The normalized spacial score (nSPS) is 14.2. The maximum Gasteiger partial charge on any atom is 0.107 e. The number of hydrogen-bond donors (Lipinski definition) is 1. The molecule has 0 radical (unpaired) electrons. The highest BCUT2D eigenvalue weighted by molar-refractivity contribution is 7.09. The predicted octanol–water partition coefficient (Wildman–Crippen LogP) is 1.75. The van der Waals surface area contributed by atoms with E-state index in [9.17, 15) is 5.11 Å². The number of aromatic nitrogens is 1. The number of aliphatic hydroxyl groups is 1. The highest BCUT2D eigenvalue weighted by Gasteiger charge is 2.15. The van der Waals surface area contributed by atoms with Crippen molar-refractivity contribution >= 4 is 11.3 Å². The molecule has 0 amide bonds. The van der Waals surface area contributed by atoms with Crippen LogP contribution in [0.15, 0.2) is 11.6 Å². The lowest BCUT2D eigenvalue weighted by molar-refractivity contribution is -0.0550. The Morgan fingerprint density at radius 3 is 2.76 bits per heavy atom. The van der Waals surface area contributed by atoms with Crippen molar-refractivity contribution < 1.29 is 9.84 Å². The molecule has 0 fully saturated rings. The van der Waals surface area contributed by atoms with Gasteiger partial charge in [-0.05, 0) is 27.8 Å². The summed E-state index contributed by atoms with van der Waals surface area (Å²) >= 11 is 1.63. The second kappa shape index (κ2) is 6.44. The number of aliphatic hydroxyl groups excluding tert-OH is 1. The molecule has 98 valence electrons. The number of nitrogens with zero attached hydrogens (tertiary/aromatic N) is 2. The number of rotatable bonds is 6. The van der Waals surface area contributed by atoms with Crippen molar-refractivity contribution in [2.45, 2.75) is 39.0 Å². The van der Waals surface area contributed by atoms with Crippen molar-refractivity contribution in [1.29, 1.82) is 0 Å². The SMILES string of the molecule is CN(Cc1nccs1)CC(O)COC(C)(C)C. The Kier molecular flexibility index (Phi) is 5.52. The second-order valence-corrected chi connectivity index (χ2v) is 6.18. The molecule has 0 aromatic carbocycles. The summed E-state index contributed by atoms with van der Waals surface area (Å²) in [5.74, 6) is 0. The van der Waals surface area contributed by atoms with Gasteiger partial charge in [0.2, 0.25) is 0 Å². The molecular weight excluding hydrogens is 236 g/mol. The summed E-state index contributed by atoms with van der Waals surface area (Å²) in [5, 5.41) is 12.9. The first kappa shape index (κ1) is 14.6. The third-order valence-electron chi connectivity index (χ3n) is 2.12. The minimum atomic E-state index is -0.459. The molecule has 1 N–H and O–H groups in total. The monoisotopic (exact) mass is 258 g/mol. The van der Waals surface area contributed by atoms with Crippen LogP contribution in [0, 0.1) is 0 Å². The first-order valence-corrected chi connectivity index (χ1v) is 6.64. The average Bonchev–Trinajstić information content (AvgIpc) is 2.66. The van der Waals surface area contributed by atoms with Gasteiger partial charge in [0.15, 0.2) is 0 Å². The van der Waals surface area contributed by atoms with E-state index >= 15 is 0 Å². The van der Waals surface area contributed by atoms with Gasteiger partial charge in [0.25, 0.3) is 0 Å². The van der Waals surface area contributed by atoms with E-state index in [2.05, 4.69) is 9.88 Å². The molecule has 0 saturated heterocycles. The summed E-state index contributed by atoms with van der Waals surface area (Å²) in [5.41, 5.74) is -0.200. The van der Waals surface area contributed by atoms with Crippen LogP contribution in [0.1, 0.15) is 25.8 Å². The zero-order valence-electron chi connectivity index (χ0n) is 11.0. The van der Waals surface area contributed by atoms with Gasteiger partial charge < -0.3 is 9.84 Å². The fourth-order valence-electron chi connectivity index (χ4n) is 1.39. The molecule has 0 spiro atoms. The molecule has 0 aliphatic carbocycles. The third-order valence-corrected chi connectivity index (χ3v) is 2.88. The highest BCUT2D eigenvalue weighted by Crippen LogP contribution is 2.09. The van der Waals surface area contributed by atoms with Crippen molar-refractivity contribution in [1.82, 2.24) is 9.88 Å². The van der Waals surface area contributed by atoms with Crippen LogP contribution in [-0.4, -0.2) is 46.9 Å².